The van der Waals surface area contributed by atoms with Crippen LogP contribution in [0, 0.1) is 18.3 Å². The van der Waals surface area contributed by atoms with E-state index in [1.165, 1.54) is 10.2 Å². The van der Waals surface area contributed by atoms with Gasteiger partial charge in [-0.15, -0.1) is 0 Å². The molecular formula is C20H19N5OS. The Hall–Kier alpha value is -2.82. The van der Waals surface area contributed by atoms with E-state index in [9.17, 15) is 5.11 Å². The minimum Gasteiger partial charge on any atom is -0.493 e. The summed E-state index contributed by atoms with van der Waals surface area (Å²) in [6.45, 7) is 3.93. The van der Waals surface area contributed by atoms with Crippen molar-refractivity contribution < 1.29 is 5.11 Å². The molecule has 1 aliphatic rings. The van der Waals surface area contributed by atoms with Crippen LogP contribution in [0.2, 0.25) is 0 Å². The van der Waals surface area contributed by atoms with Crippen molar-refractivity contribution in [3.8, 4) is 28.9 Å². The summed E-state index contributed by atoms with van der Waals surface area (Å²) in [5.74, 6) is 1.15. The Bertz CT molecular complexity index is 999. The molecule has 7 heteroatoms. The first-order chi connectivity index (χ1) is 13.1. The lowest BCUT2D eigenvalue weighted by Gasteiger charge is -2.37. The minimum atomic E-state index is 0.0506. The molecule has 4 rings (SSSR count). The number of aromatic hydroxyl groups is 1. The first kappa shape index (κ1) is 17.6. The molecule has 0 spiro atoms. The molecule has 0 amide bonds. The van der Waals surface area contributed by atoms with E-state index in [0.717, 1.165) is 18.7 Å². The number of aryl methyl sites for hydroxylation is 1. The molecule has 0 bridgehead atoms. The minimum absolute atomic E-state index is 0.0506. The first-order valence-electron chi connectivity index (χ1n) is 8.65. The fraction of sp³-hybridized carbons (Fsp3) is 0.250. The van der Waals surface area contributed by atoms with Gasteiger partial charge in [0.05, 0.1) is 22.9 Å². The average Bonchev–Trinajstić information content (AvgIpc) is 2.96. The van der Waals surface area contributed by atoms with Crippen LogP contribution in [-0.2, 0) is 0 Å². The summed E-state index contributed by atoms with van der Waals surface area (Å²) in [6.07, 6.45) is 3.96. The molecule has 27 heavy (non-hydrogen) atoms. The van der Waals surface area contributed by atoms with Gasteiger partial charge in [-0.05, 0) is 42.5 Å². The molecule has 1 saturated heterocycles. The summed E-state index contributed by atoms with van der Waals surface area (Å²) in [4.78, 5) is 4.51. The molecule has 2 aromatic heterocycles. The second kappa shape index (κ2) is 7.06. The quantitative estimate of drug-likeness (QED) is 0.701. The fourth-order valence-corrected chi connectivity index (χ4v) is 3.94. The molecule has 1 aromatic carbocycles. The molecule has 0 radical (unpaired) electrons. The Balaban J connectivity index is 1.62. The summed E-state index contributed by atoms with van der Waals surface area (Å²) < 4.78 is 3.77. The Kier molecular flexibility index (Phi) is 4.60. The number of benzene rings is 1. The van der Waals surface area contributed by atoms with Gasteiger partial charge in [-0.25, -0.2) is 9.29 Å². The highest BCUT2D eigenvalue weighted by Gasteiger charge is 2.28. The Morgan fingerprint density at radius 3 is 2.52 bits per heavy atom. The second-order valence-electron chi connectivity index (χ2n) is 6.56. The monoisotopic (exact) mass is 377 g/mol. The fourth-order valence-electron chi connectivity index (χ4n) is 3.29. The number of hydrogen-bond donors (Lipinski definition) is 1. The molecule has 1 aliphatic heterocycles. The Morgan fingerprint density at radius 2 is 1.93 bits per heavy atom. The largest absolute Gasteiger partial charge is 0.493 e. The van der Waals surface area contributed by atoms with E-state index in [1.54, 1.807) is 24.1 Å². The zero-order valence-electron chi connectivity index (χ0n) is 15.1. The lowest BCUT2D eigenvalue weighted by molar-refractivity contribution is 0.291. The second-order valence-corrected chi connectivity index (χ2v) is 7.44. The Morgan fingerprint density at radius 1 is 1.19 bits per heavy atom. The molecular weight excluding hydrogens is 358 g/mol. The zero-order chi connectivity index (χ0) is 19.0. The molecule has 0 atom stereocenters. The molecule has 1 N–H and O–H groups in total. The molecule has 0 aliphatic carbocycles. The van der Waals surface area contributed by atoms with Crippen LogP contribution in [0.3, 0.4) is 0 Å². The van der Waals surface area contributed by atoms with Crippen molar-refractivity contribution in [1.29, 1.82) is 5.26 Å². The van der Waals surface area contributed by atoms with Crippen molar-refractivity contribution in [2.75, 3.05) is 19.3 Å². The summed E-state index contributed by atoms with van der Waals surface area (Å²) in [6, 6.07) is 13.1. The number of nitriles is 1. The van der Waals surface area contributed by atoms with Crippen molar-refractivity contribution in [3.63, 3.8) is 0 Å². The van der Waals surface area contributed by atoms with Gasteiger partial charge >= 0.3 is 0 Å². The third-order valence-electron chi connectivity index (χ3n) is 4.90. The number of hydrogen-bond acceptors (Lipinski definition) is 6. The third kappa shape index (κ3) is 3.18. The van der Waals surface area contributed by atoms with Crippen molar-refractivity contribution in [3.05, 3.63) is 59.4 Å². The predicted molar refractivity (Wildman–Crippen MR) is 106 cm³/mol. The third-order valence-corrected chi connectivity index (χ3v) is 5.72. The molecule has 3 aromatic rings. The van der Waals surface area contributed by atoms with Gasteiger partial charge in [-0.1, -0.05) is 30.1 Å². The molecule has 0 unspecified atom stereocenters. The maximum Gasteiger partial charge on any atom is 0.223 e. The van der Waals surface area contributed by atoms with E-state index in [2.05, 4.69) is 32.8 Å². The number of rotatable bonds is 4. The van der Waals surface area contributed by atoms with Gasteiger partial charge in [0.15, 0.2) is 5.82 Å². The van der Waals surface area contributed by atoms with E-state index in [0.29, 0.717) is 28.6 Å². The molecule has 0 saturated carbocycles. The van der Waals surface area contributed by atoms with Crippen molar-refractivity contribution in [1.82, 2.24) is 19.1 Å². The highest BCUT2D eigenvalue weighted by Crippen LogP contribution is 2.35. The van der Waals surface area contributed by atoms with Crippen molar-refractivity contribution >= 4 is 11.9 Å². The van der Waals surface area contributed by atoms with Gasteiger partial charge in [-0.2, -0.15) is 15.0 Å². The SMILES string of the molecule is CSN1CC(c2ccc(-n3nc(C)c(-c4ccc(C#N)cc4)c3O)nc2)C1. The average molecular weight is 377 g/mol. The molecule has 6 nitrogen and oxygen atoms in total. The van der Waals surface area contributed by atoms with Crippen LogP contribution in [-0.4, -0.2) is 43.5 Å². The number of pyridine rings is 1. The topological polar surface area (TPSA) is 78.0 Å². The van der Waals surface area contributed by atoms with Crippen LogP contribution < -0.4 is 0 Å². The van der Waals surface area contributed by atoms with Gasteiger partial charge in [0.25, 0.3) is 0 Å². The molecule has 1 fully saturated rings. The highest BCUT2D eigenvalue weighted by molar-refractivity contribution is 7.96. The van der Waals surface area contributed by atoms with Crippen molar-refractivity contribution in [2.45, 2.75) is 12.8 Å². The number of aromatic nitrogens is 3. The molecule has 3 heterocycles. The van der Waals surface area contributed by atoms with Crippen LogP contribution >= 0.6 is 11.9 Å². The summed E-state index contributed by atoms with van der Waals surface area (Å²) in [5.41, 5.74) is 3.97. The van der Waals surface area contributed by atoms with E-state index >= 15 is 0 Å². The van der Waals surface area contributed by atoms with Gasteiger partial charge in [0.2, 0.25) is 5.88 Å². The van der Waals surface area contributed by atoms with Gasteiger partial charge in [-0.3, -0.25) is 0 Å². The van der Waals surface area contributed by atoms with Crippen LogP contribution in [0.15, 0.2) is 42.6 Å². The van der Waals surface area contributed by atoms with E-state index < -0.39 is 0 Å². The summed E-state index contributed by atoms with van der Waals surface area (Å²) in [5, 5.41) is 24.1. The predicted octanol–water partition coefficient (Wildman–Crippen LogP) is 3.50. The van der Waals surface area contributed by atoms with Gasteiger partial charge in [0.1, 0.15) is 0 Å². The van der Waals surface area contributed by atoms with Crippen LogP contribution in [0.25, 0.3) is 16.9 Å². The Labute approximate surface area is 162 Å². The summed E-state index contributed by atoms with van der Waals surface area (Å²) >= 11 is 1.76. The molecule has 136 valence electrons. The van der Waals surface area contributed by atoms with E-state index in [1.807, 2.05) is 31.3 Å². The maximum atomic E-state index is 10.7. The van der Waals surface area contributed by atoms with Crippen LogP contribution in [0.5, 0.6) is 5.88 Å². The number of nitrogens with zero attached hydrogens (tertiary/aromatic N) is 5. The lowest BCUT2D eigenvalue weighted by Crippen LogP contribution is -2.39. The van der Waals surface area contributed by atoms with Crippen LogP contribution in [0.4, 0.5) is 0 Å². The highest BCUT2D eigenvalue weighted by atomic mass is 32.2. The van der Waals surface area contributed by atoms with E-state index in [-0.39, 0.29) is 5.88 Å². The standard InChI is InChI=1S/C20H19N5OS/c1-13-19(15-5-3-14(9-21)4-6-15)20(26)25(23-13)18-8-7-16(10-22-18)17-11-24(12-17)27-2/h3-8,10,17,26H,11-12H2,1-2H3. The van der Waals surface area contributed by atoms with E-state index in [4.69, 9.17) is 5.26 Å². The smallest absolute Gasteiger partial charge is 0.223 e. The van der Waals surface area contributed by atoms with Crippen molar-refractivity contribution in [2.24, 2.45) is 0 Å². The van der Waals surface area contributed by atoms with Gasteiger partial charge < -0.3 is 5.11 Å². The first-order valence-corrected chi connectivity index (χ1v) is 9.83. The summed E-state index contributed by atoms with van der Waals surface area (Å²) in [7, 11) is 0. The lowest BCUT2D eigenvalue weighted by atomic mass is 9.95. The van der Waals surface area contributed by atoms with Gasteiger partial charge in [0, 0.05) is 25.2 Å². The van der Waals surface area contributed by atoms with Crippen LogP contribution in [0.1, 0.15) is 22.7 Å². The normalized spacial score (nSPS) is 14.7. The zero-order valence-corrected chi connectivity index (χ0v) is 15.9. The maximum absolute atomic E-state index is 10.7.